The topological polar surface area (TPSA) is 147 Å². The third kappa shape index (κ3) is 11.8. The molecule has 158 valence electrons. The molecule has 4 atom stereocenters. The van der Waals surface area contributed by atoms with Crippen molar-refractivity contribution in [1.82, 2.24) is 5.32 Å². The number of amides is 1. The van der Waals surface area contributed by atoms with E-state index in [2.05, 4.69) is 12.2 Å². The third-order valence-electron chi connectivity index (χ3n) is 4.34. The third-order valence-corrected chi connectivity index (χ3v) is 4.34. The zero-order valence-electron chi connectivity index (χ0n) is 16.1. The van der Waals surface area contributed by atoms with E-state index in [1.165, 1.54) is 51.1 Å². The summed E-state index contributed by atoms with van der Waals surface area (Å²) in [5, 5.41) is 48.5. The summed E-state index contributed by atoms with van der Waals surface area (Å²) in [7, 11) is 0. The molecule has 0 aromatic carbocycles. The van der Waals surface area contributed by atoms with E-state index in [1.54, 1.807) is 6.08 Å². The normalized spacial score (nSPS) is 16.0. The van der Waals surface area contributed by atoms with E-state index in [1.807, 2.05) is 0 Å². The number of hydrogen-bond acceptors (Lipinski definition) is 6. The molecule has 6 N–H and O–H groups in total. The number of hydrogen-bond donors (Lipinski definition) is 6. The van der Waals surface area contributed by atoms with E-state index in [9.17, 15) is 24.9 Å². The standard InChI is InChI=1S/C19H35NO7/c1-2-3-4-5-6-7-8-9-10-11-12-13-20-18(25)16(23)14(21)15(22)17(24)19(26)27/h12-17,21-24H,2-11H2,1H3,(H,20,25)(H,26,27)/t14-,15-,16+,17-/m1/s1. The Bertz CT molecular complexity index is 442. The molecule has 0 aliphatic carbocycles. The van der Waals surface area contributed by atoms with Gasteiger partial charge in [0.1, 0.15) is 12.2 Å². The van der Waals surface area contributed by atoms with Gasteiger partial charge in [-0.3, -0.25) is 4.79 Å². The van der Waals surface area contributed by atoms with Gasteiger partial charge in [-0.2, -0.15) is 0 Å². The molecule has 0 rings (SSSR count). The predicted molar refractivity (Wildman–Crippen MR) is 101 cm³/mol. The minimum atomic E-state index is -2.30. The number of nitrogens with one attached hydrogen (secondary N) is 1. The monoisotopic (exact) mass is 389 g/mol. The molecule has 0 saturated heterocycles. The lowest BCUT2D eigenvalue weighted by Gasteiger charge is -2.23. The molecule has 27 heavy (non-hydrogen) atoms. The Balaban J connectivity index is 3.86. The minimum Gasteiger partial charge on any atom is -0.479 e. The van der Waals surface area contributed by atoms with Crippen molar-refractivity contribution < 1.29 is 35.1 Å². The lowest BCUT2D eigenvalue weighted by atomic mass is 10.0. The van der Waals surface area contributed by atoms with Crippen LogP contribution in [0, 0.1) is 0 Å². The van der Waals surface area contributed by atoms with Gasteiger partial charge >= 0.3 is 5.97 Å². The number of aliphatic hydroxyl groups excluding tert-OH is 4. The molecule has 0 fully saturated rings. The lowest BCUT2D eigenvalue weighted by molar-refractivity contribution is -0.166. The van der Waals surface area contributed by atoms with Gasteiger partial charge in [-0.15, -0.1) is 0 Å². The van der Waals surface area contributed by atoms with Gasteiger partial charge in [0.2, 0.25) is 0 Å². The van der Waals surface area contributed by atoms with Crippen molar-refractivity contribution >= 4 is 11.9 Å². The Morgan fingerprint density at radius 2 is 1.30 bits per heavy atom. The highest BCUT2D eigenvalue weighted by atomic mass is 16.4. The van der Waals surface area contributed by atoms with Crippen LogP contribution in [0.25, 0.3) is 0 Å². The van der Waals surface area contributed by atoms with Crippen LogP contribution in [-0.4, -0.2) is 61.8 Å². The Morgan fingerprint density at radius 3 is 1.81 bits per heavy atom. The number of carboxylic acids is 1. The largest absolute Gasteiger partial charge is 0.479 e. The SMILES string of the molecule is CCCCCCCCCCCC=CNC(=O)[C@@H](O)[C@H](O)[C@@H](O)[C@@H](O)C(=O)O. The molecular formula is C19H35NO7. The van der Waals surface area contributed by atoms with Crippen molar-refractivity contribution in [2.75, 3.05) is 0 Å². The highest BCUT2D eigenvalue weighted by Crippen LogP contribution is 2.10. The summed E-state index contributed by atoms with van der Waals surface area (Å²) in [4.78, 5) is 22.2. The molecule has 1 amide bonds. The van der Waals surface area contributed by atoms with E-state index < -0.39 is 36.3 Å². The Kier molecular flexibility index (Phi) is 14.7. The number of unbranched alkanes of at least 4 members (excludes halogenated alkanes) is 9. The smallest absolute Gasteiger partial charge is 0.335 e. The summed E-state index contributed by atoms with van der Waals surface area (Å²) >= 11 is 0. The second kappa shape index (κ2) is 15.6. The molecule has 0 spiro atoms. The van der Waals surface area contributed by atoms with Gasteiger partial charge in [0.05, 0.1) is 0 Å². The molecule has 0 bridgehead atoms. The van der Waals surface area contributed by atoms with Crippen molar-refractivity contribution in [3.8, 4) is 0 Å². The maximum atomic E-state index is 11.7. The number of aliphatic carboxylic acids is 1. The number of carboxylic acid groups (broad SMARTS) is 1. The van der Waals surface area contributed by atoms with Crippen LogP contribution in [0.4, 0.5) is 0 Å². The summed E-state index contributed by atoms with van der Waals surface area (Å²) in [6, 6.07) is 0. The average molecular weight is 389 g/mol. The van der Waals surface area contributed by atoms with Crippen LogP contribution in [-0.2, 0) is 9.59 Å². The van der Waals surface area contributed by atoms with Gasteiger partial charge in [-0.25, -0.2) is 4.79 Å². The molecule has 0 aromatic rings. The number of carbonyl (C=O) groups is 2. The number of aliphatic hydroxyl groups is 4. The van der Waals surface area contributed by atoms with Gasteiger partial charge in [-0.1, -0.05) is 64.4 Å². The molecule has 8 nitrogen and oxygen atoms in total. The van der Waals surface area contributed by atoms with Crippen molar-refractivity contribution in [3.05, 3.63) is 12.3 Å². The van der Waals surface area contributed by atoms with Crippen molar-refractivity contribution in [2.45, 2.75) is 95.5 Å². The van der Waals surface area contributed by atoms with Gasteiger partial charge in [-0.05, 0) is 19.0 Å². The summed E-state index contributed by atoms with van der Waals surface area (Å²) < 4.78 is 0. The average Bonchev–Trinajstić information content (AvgIpc) is 2.66. The minimum absolute atomic E-state index is 0.759. The van der Waals surface area contributed by atoms with E-state index in [-0.39, 0.29) is 0 Å². The number of carbonyl (C=O) groups excluding carboxylic acids is 1. The Hall–Kier alpha value is -1.48. The highest BCUT2D eigenvalue weighted by molar-refractivity contribution is 5.82. The molecule has 0 radical (unpaired) electrons. The van der Waals surface area contributed by atoms with Gasteiger partial charge < -0.3 is 30.8 Å². The number of allylic oxidation sites excluding steroid dienone is 1. The summed E-state index contributed by atoms with van der Waals surface area (Å²) in [6.45, 7) is 2.20. The molecule has 0 saturated carbocycles. The fraction of sp³-hybridized carbons (Fsp3) is 0.789. The molecule has 0 heterocycles. The summed E-state index contributed by atoms with van der Waals surface area (Å²) in [5.74, 6) is -2.77. The van der Waals surface area contributed by atoms with Crippen LogP contribution in [0.1, 0.15) is 71.1 Å². The first-order valence-corrected chi connectivity index (χ1v) is 9.73. The van der Waals surface area contributed by atoms with Gasteiger partial charge in [0.25, 0.3) is 5.91 Å². The van der Waals surface area contributed by atoms with Crippen LogP contribution in [0.15, 0.2) is 12.3 Å². The first-order valence-electron chi connectivity index (χ1n) is 9.73. The summed E-state index contributed by atoms with van der Waals surface area (Å²) in [6.07, 6.45) is 6.09. The predicted octanol–water partition coefficient (Wildman–Crippen LogP) is 1.07. The zero-order valence-corrected chi connectivity index (χ0v) is 16.1. The molecule has 0 aliphatic heterocycles. The second-order valence-corrected chi connectivity index (χ2v) is 6.74. The van der Waals surface area contributed by atoms with Crippen LogP contribution >= 0.6 is 0 Å². The molecule has 0 unspecified atom stereocenters. The van der Waals surface area contributed by atoms with Gasteiger partial charge in [0.15, 0.2) is 12.2 Å². The number of rotatable bonds is 16. The maximum Gasteiger partial charge on any atom is 0.335 e. The van der Waals surface area contributed by atoms with E-state index >= 15 is 0 Å². The molecule has 8 heteroatoms. The Labute approximate surface area is 160 Å². The van der Waals surface area contributed by atoms with Crippen molar-refractivity contribution in [2.24, 2.45) is 0 Å². The Morgan fingerprint density at radius 1 is 0.815 bits per heavy atom. The van der Waals surface area contributed by atoms with E-state index in [0.29, 0.717) is 0 Å². The van der Waals surface area contributed by atoms with Crippen molar-refractivity contribution in [1.29, 1.82) is 0 Å². The van der Waals surface area contributed by atoms with E-state index in [0.717, 1.165) is 19.3 Å². The van der Waals surface area contributed by atoms with Crippen LogP contribution in [0.3, 0.4) is 0 Å². The van der Waals surface area contributed by atoms with Crippen LogP contribution < -0.4 is 5.32 Å². The quantitative estimate of drug-likeness (QED) is 0.216. The first-order chi connectivity index (χ1) is 12.8. The molecule has 0 aromatic heterocycles. The molecular weight excluding hydrogens is 354 g/mol. The first kappa shape index (κ1) is 25.5. The van der Waals surface area contributed by atoms with Crippen LogP contribution in [0.2, 0.25) is 0 Å². The van der Waals surface area contributed by atoms with Gasteiger partial charge in [0, 0.05) is 0 Å². The van der Waals surface area contributed by atoms with E-state index in [4.69, 9.17) is 10.2 Å². The summed E-state index contributed by atoms with van der Waals surface area (Å²) in [5.41, 5.74) is 0. The highest BCUT2D eigenvalue weighted by Gasteiger charge is 2.37. The fourth-order valence-corrected chi connectivity index (χ4v) is 2.56. The maximum absolute atomic E-state index is 11.7. The van der Waals surface area contributed by atoms with Crippen molar-refractivity contribution in [3.63, 3.8) is 0 Å². The lowest BCUT2D eigenvalue weighted by Crippen LogP contribution is -2.52. The zero-order chi connectivity index (χ0) is 20.7. The molecule has 0 aliphatic rings. The van der Waals surface area contributed by atoms with Crippen LogP contribution in [0.5, 0.6) is 0 Å². The fourth-order valence-electron chi connectivity index (χ4n) is 2.56. The second-order valence-electron chi connectivity index (χ2n) is 6.74.